The van der Waals surface area contributed by atoms with Gasteiger partial charge in [0.1, 0.15) is 48.5 Å². The van der Waals surface area contributed by atoms with E-state index < -0.39 is 12.0 Å². The Bertz CT molecular complexity index is 979. The number of nitrogens with zero attached hydrogens (tertiary/aromatic N) is 9. The number of aromatic nitrogens is 9. The minimum atomic E-state index is -0.907. The molecule has 0 amide bonds. The van der Waals surface area contributed by atoms with E-state index in [1.165, 1.54) is 22.0 Å². The van der Waals surface area contributed by atoms with Crippen LogP contribution < -0.4 is 18.9 Å². The van der Waals surface area contributed by atoms with E-state index in [1.54, 1.807) is 65.8 Å². The van der Waals surface area contributed by atoms with E-state index in [4.69, 9.17) is 5.11 Å². The van der Waals surface area contributed by atoms with Crippen LogP contribution >= 0.6 is 0 Å². The summed E-state index contributed by atoms with van der Waals surface area (Å²) in [5, 5.41) is 20.4. The summed E-state index contributed by atoms with van der Waals surface area (Å²) in [4.78, 5) is 43.0. The van der Waals surface area contributed by atoms with Gasteiger partial charge < -0.3 is 15.4 Å². The Hall–Kier alpha value is -3.21. The molecule has 3 atom stereocenters. The maximum Gasteiger partial charge on any atom is 1.00 e. The van der Waals surface area contributed by atoms with Crippen LogP contribution in [0.5, 0.6) is 0 Å². The zero-order valence-corrected chi connectivity index (χ0v) is 20.6. The molecule has 0 spiro atoms. The van der Waals surface area contributed by atoms with Gasteiger partial charge in [-0.05, 0) is 47.6 Å². The molecule has 2 N–H and O–H groups in total. The van der Waals surface area contributed by atoms with Crippen LogP contribution in [0.1, 0.15) is 85.6 Å². The van der Waals surface area contributed by atoms with Crippen molar-refractivity contribution in [3.63, 3.8) is 0 Å². The number of carbonyl (C=O) groups is 2. The molecule has 3 aromatic rings. The number of carboxylic acid groups (broad SMARTS) is 1. The SMILES string of the molecule is C.C.C.CC(=O)[C@H](C)n1cnc(C)n1.Cc1ncn([C@@H](C)C(=O)O)n1.Cc1ncn([C@@H](C)[C-]=O)n1.[Li+].[OH-]. The fourth-order valence-electron chi connectivity index (χ4n) is 2.00. The second kappa shape index (κ2) is 20.9. The summed E-state index contributed by atoms with van der Waals surface area (Å²) in [5.41, 5.74) is 0. The van der Waals surface area contributed by atoms with Crippen LogP contribution in [-0.2, 0) is 14.4 Å². The molecule has 15 heteroatoms. The predicted molar refractivity (Wildman–Crippen MR) is 135 cm³/mol. The van der Waals surface area contributed by atoms with Crippen LogP contribution in [0.2, 0.25) is 0 Å². The molecule has 0 saturated carbocycles. The molecule has 0 bridgehead atoms. The summed E-state index contributed by atoms with van der Waals surface area (Å²) in [6.07, 6.45) is 6.31. The second-order valence-electron chi connectivity index (χ2n) is 6.91. The van der Waals surface area contributed by atoms with Crippen molar-refractivity contribution < 1.29 is 43.8 Å². The zero-order valence-electron chi connectivity index (χ0n) is 20.6. The number of aryl methyl sites for hydroxylation is 3. The van der Waals surface area contributed by atoms with Crippen LogP contribution in [0.3, 0.4) is 0 Å². The van der Waals surface area contributed by atoms with E-state index in [0.717, 1.165) is 0 Å². The summed E-state index contributed by atoms with van der Waals surface area (Å²) in [7, 11) is 0. The Morgan fingerprint density at radius 2 is 1.11 bits per heavy atom. The molecule has 0 aliphatic rings. The van der Waals surface area contributed by atoms with Gasteiger partial charge in [0, 0.05) is 0 Å². The van der Waals surface area contributed by atoms with Gasteiger partial charge in [0.2, 0.25) is 0 Å². The number of carboxylic acids is 1. The van der Waals surface area contributed by atoms with Crippen molar-refractivity contribution in [1.82, 2.24) is 44.3 Å². The summed E-state index contributed by atoms with van der Waals surface area (Å²) in [6, 6.07) is -1.17. The van der Waals surface area contributed by atoms with E-state index in [0.29, 0.717) is 17.5 Å². The minimum Gasteiger partial charge on any atom is -0.870 e. The third kappa shape index (κ3) is 14.8. The molecule has 0 unspecified atom stereocenters. The van der Waals surface area contributed by atoms with Crippen molar-refractivity contribution in [2.24, 2.45) is 0 Å². The first-order chi connectivity index (χ1) is 15.0. The van der Waals surface area contributed by atoms with Crippen molar-refractivity contribution in [3.8, 4) is 0 Å². The molecular formula is C22H41LiN9O5-. The van der Waals surface area contributed by atoms with Gasteiger partial charge in [-0.25, -0.2) is 35.4 Å². The van der Waals surface area contributed by atoms with Crippen LogP contribution in [0, 0.1) is 20.8 Å². The predicted octanol–water partition coefficient (Wildman–Crippen LogP) is -0.0386. The van der Waals surface area contributed by atoms with Crippen LogP contribution in [0.15, 0.2) is 19.0 Å². The number of hydrogen-bond acceptors (Lipinski definition) is 10. The maximum absolute atomic E-state index is 10.9. The van der Waals surface area contributed by atoms with Crippen molar-refractivity contribution in [2.75, 3.05) is 0 Å². The Morgan fingerprint density at radius 3 is 1.35 bits per heavy atom. The molecule has 0 aromatic carbocycles. The third-order valence-electron chi connectivity index (χ3n) is 4.18. The first-order valence-electron chi connectivity index (χ1n) is 9.70. The molecule has 3 heterocycles. The van der Waals surface area contributed by atoms with Crippen LogP contribution in [0.25, 0.3) is 0 Å². The fraction of sp³-hybridized carbons (Fsp3) is 0.591. The van der Waals surface area contributed by atoms with Crippen molar-refractivity contribution in [3.05, 3.63) is 36.5 Å². The summed E-state index contributed by atoms with van der Waals surface area (Å²) in [5.74, 6) is 1.13. The molecule has 37 heavy (non-hydrogen) atoms. The molecule has 206 valence electrons. The number of rotatable bonds is 6. The fourth-order valence-corrected chi connectivity index (χ4v) is 2.00. The van der Waals surface area contributed by atoms with Gasteiger partial charge in [-0.1, -0.05) is 29.2 Å². The van der Waals surface area contributed by atoms with E-state index in [2.05, 4.69) is 30.2 Å². The molecule has 0 fully saturated rings. The molecule has 0 saturated heterocycles. The van der Waals surface area contributed by atoms with Crippen LogP contribution in [-0.4, -0.2) is 72.9 Å². The number of aliphatic carboxylic acids is 1. The van der Waals surface area contributed by atoms with Gasteiger partial charge in [0.15, 0.2) is 5.78 Å². The smallest absolute Gasteiger partial charge is 0.870 e. The van der Waals surface area contributed by atoms with E-state index in [1.807, 2.05) is 0 Å². The van der Waals surface area contributed by atoms with Gasteiger partial charge in [-0.2, -0.15) is 15.3 Å². The second-order valence-corrected chi connectivity index (χ2v) is 6.91. The molecule has 3 rings (SSSR count). The number of ketones is 1. The first kappa shape index (κ1) is 43.8. The van der Waals surface area contributed by atoms with E-state index in [-0.39, 0.29) is 64.5 Å². The van der Waals surface area contributed by atoms with Crippen molar-refractivity contribution in [2.45, 2.75) is 88.9 Å². The van der Waals surface area contributed by atoms with Gasteiger partial charge in [-0.15, -0.1) is 0 Å². The first-order valence-corrected chi connectivity index (χ1v) is 9.70. The number of Topliss-reactive ketones (excluding diaryl/α,β-unsaturated/α-hetero) is 1. The van der Waals surface area contributed by atoms with Gasteiger partial charge in [-0.3, -0.25) is 9.48 Å². The number of carbonyl (C=O) groups excluding carboxylic acids is 2. The average Bonchev–Trinajstić information content (AvgIpc) is 3.48. The third-order valence-corrected chi connectivity index (χ3v) is 4.18. The summed E-state index contributed by atoms with van der Waals surface area (Å²) >= 11 is 0. The van der Waals surface area contributed by atoms with Crippen LogP contribution in [0.4, 0.5) is 0 Å². The molecule has 3 aromatic heterocycles. The van der Waals surface area contributed by atoms with Crippen molar-refractivity contribution in [1.29, 1.82) is 0 Å². The van der Waals surface area contributed by atoms with Gasteiger partial charge in [0.25, 0.3) is 0 Å². The molecule has 14 nitrogen and oxygen atoms in total. The molecule has 0 aliphatic carbocycles. The van der Waals surface area contributed by atoms with E-state index in [9.17, 15) is 14.4 Å². The van der Waals surface area contributed by atoms with Gasteiger partial charge >= 0.3 is 24.8 Å². The molecular weight excluding hydrogens is 477 g/mol. The largest absolute Gasteiger partial charge is 1.00 e. The zero-order chi connectivity index (χ0) is 24.4. The summed E-state index contributed by atoms with van der Waals surface area (Å²) < 4.78 is 4.36. The maximum atomic E-state index is 10.9. The Balaban J connectivity index is -0.000000130. The minimum absolute atomic E-state index is 0. The average molecular weight is 519 g/mol. The molecule has 0 radical (unpaired) electrons. The Morgan fingerprint density at radius 1 is 0.784 bits per heavy atom. The normalized spacial score (nSPS) is 11.2. The Labute approximate surface area is 231 Å². The Kier molecular flexibility index (Phi) is 24.8. The topological polar surface area (TPSA) is 194 Å². The van der Waals surface area contributed by atoms with Crippen molar-refractivity contribution >= 4 is 18.0 Å². The summed E-state index contributed by atoms with van der Waals surface area (Å²) in [6.45, 7) is 11.9. The standard InChI is InChI=1S/C7H11N3O.C6H9N3O2.C6H8N3O.3CH4.Li.H2O/c1-5(6(2)11)10-4-8-7(3)9-10;1-4(6(10)11)9-3-7-5(2)8-9;1-5(3-10)9-4-7-6(2)8-9;;;;;/h4-5H,1-3H3;3-4H,1-2H3,(H,10,11);4-5H,1-2H3;3*1H4;;1H2/q;;-1;;;;+1;/p-1/t5-;4-;5-;;;;;/m000...../s1. The quantitative estimate of drug-likeness (QED) is 0.340. The monoisotopic (exact) mass is 518 g/mol. The van der Waals surface area contributed by atoms with E-state index >= 15 is 0 Å². The molecule has 0 aliphatic heterocycles. The van der Waals surface area contributed by atoms with Gasteiger partial charge in [0.05, 0.1) is 0 Å². The number of hydrogen-bond donors (Lipinski definition) is 1.